The van der Waals surface area contributed by atoms with E-state index in [1.165, 1.54) is 0 Å². The molecule has 0 bridgehead atoms. The molecule has 0 aliphatic carbocycles. The molecule has 21 rings (SSSR count). The minimum absolute atomic E-state index is 0.246. The van der Waals surface area contributed by atoms with Gasteiger partial charge in [0.1, 0.15) is 46.0 Å². The summed E-state index contributed by atoms with van der Waals surface area (Å²) in [5.74, 6) is 6.22. The van der Waals surface area contributed by atoms with E-state index in [9.17, 15) is 0 Å². The van der Waals surface area contributed by atoms with Gasteiger partial charge in [-0.25, -0.2) is 0 Å². The van der Waals surface area contributed by atoms with Crippen molar-refractivity contribution < 1.29 is 18.9 Å². The van der Waals surface area contributed by atoms with Gasteiger partial charge in [-0.15, -0.1) is 0 Å². The molecule has 0 atom stereocenters. The first-order valence-electron chi connectivity index (χ1n) is 34.8. The average molecular weight is 1310 g/mol. The molecule has 6 aliphatic rings. The summed E-state index contributed by atoms with van der Waals surface area (Å²) >= 11 is 0. The Morgan fingerprint density at radius 1 is 0.186 bits per heavy atom. The van der Waals surface area contributed by atoms with Crippen LogP contribution < -0.4 is 92.6 Å². The van der Waals surface area contributed by atoms with Crippen LogP contribution in [0.15, 0.2) is 352 Å². The number of ether oxygens (including phenoxy) is 4. The van der Waals surface area contributed by atoms with Crippen molar-refractivity contribution in [2.75, 3.05) is 24.5 Å². The highest BCUT2D eigenvalue weighted by Gasteiger charge is 2.50. The number of para-hydroxylation sites is 10. The third-order valence-corrected chi connectivity index (χ3v) is 20.9. The molecule has 0 saturated carbocycles. The second-order valence-electron chi connectivity index (χ2n) is 26.7. The van der Waals surface area contributed by atoms with Crippen LogP contribution in [0, 0.1) is 0 Å². The fourth-order valence-corrected chi connectivity index (χ4v) is 16.7. The minimum Gasteiger partial charge on any atom is -0.458 e. The standard InChI is InChI=1S/C90H58B3N5O4/c1-9-29-59(30-10-1)94(60-31-11-2-12-32-60)67-49-78-88-84(51-67)99-80-47-27-25-45-70(80)91(88)72-55-75-83(57-76(72)97(78)65-41-21-7-22-42-65)101-85-52-68(95(61-33-13-3-14-34-61)62-35-15-4-16-36-62)50-79-89(85)93(75)73-56-74-82(58-77(73)98(79)66-43-23-8-24-44-66)102-87-54-69(53-86-90(87)92(74)71-46-26-28-48-81(71)100-86)96(63-37-17-5-18-38-63)64-39-19-6-20-40-64/h1-58H. The number of anilines is 15. The van der Waals surface area contributed by atoms with Crippen molar-refractivity contribution in [2.24, 2.45) is 0 Å². The largest absolute Gasteiger partial charge is 0.458 e. The van der Waals surface area contributed by atoms with Gasteiger partial charge in [-0.3, -0.25) is 0 Å². The Bertz CT molecular complexity index is 5710. The van der Waals surface area contributed by atoms with Gasteiger partial charge in [0, 0.05) is 110 Å². The first-order chi connectivity index (χ1) is 50.6. The van der Waals surface area contributed by atoms with Gasteiger partial charge in [-0.2, -0.15) is 0 Å². The number of hydrogen-bond donors (Lipinski definition) is 0. The summed E-state index contributed by atoms with van der Waals surface area (Å²) in [5, 5.41) is 0. The van der Waals surface area contributed by atoms with Gasteiger partial charge >= 0.3 is 0 Å². The summed E-state index contributed by atoms with van der Waals surface area (Å²) in [7, 11) is 0. The van der Waals surface area contributed by atoms with Gasteiger partial charge in [0.2, 0.25) is 0 Å². The number of rotatable bonds is 11. The van der Waals surface area contributed by atoms with Crippen LogP contribution in [0.2, 0.25) is 0 Å². The van der Waals surface area contributed by atoms with Crippen LogP contribution in [0.3, 0.4) is 0 Å². The van der Waals surface area contributed by atoms with Gasteiger partial charge in [0.15, 0.2) is 0 Å². The van der Waals surface area contributed by atoms with E-state index >= 15 is 0 Å². The summed E-state index contributed by atoms with van der Waals surface area (Å²) in [6, 6.07) is 126. The van der Waals surface area contributed by atoms with E-state index in [0.717, 1.165) is 180 Å². The Hall–Kier alpha value is -13.3. The molecule has 6 aliphatic heterocycles. The first kappa shape index (κ1) is 57.7. The van der Waals surface area contributed by atoms with Crippen molar-refractivity contribution in [1.29, 1.82) is 0 Å². The molecule has 12 heteroatoms. The lowest BCUT2D eigenvalue weighted by Crippen LogP contribution is -2.64. The summed E-state index contributed by atoms with van der Waals surface area (Å²) < 4.78 is 29.9. The van der Waals surface area contributed by atoms with E-state index in [-0.39, 0.29) is 20.1 Å². The zero-order chi connectivity index (χ0) is 66.9. The van der Waals surface area contributed by atoms with E-state index in [0.29, 0.717) is 0 Å². The molecule has 0 amide bonds. The molecule has 9 nitrogen and oxygen atoms in total. The monoisotopic (exact) mass is 1310 g/mol. The third kappa shape index (κ3) is 9.09. The fourth-order valence-electron chi connectivity index (χ4n) is 16.7. The topological polar surface area (TPSA) is 53.1 Å². The Morgan fingerprint density at radius 2 is 0.451 bits per heavy atom. The van der Waals surface area contributed by atoms with Gasteiger partial charge in [0.25, 0.3) is 20.1 Å². The highest BCUT2D eigenvalue weighted by Crippen LogP contribution is 2.51. The lowest BCUT2D eigenvalue weighted by atomic mass is 9.29. The number of hydrogen-bond acceptors (Lipinski definition) is 9. The predicted molar refractivity (Wildman–Crippen MR) is 420 cm³/mol. The van der Waals surface area contributed by atoms with Gasteiger partial charge in [-0.1, -0.05) is 194 Å². The summed E-state index contributed by atoms with van der Waals surface area (Å²) in [5.41, 5.74) is 24.7. The van der Waals surface area contributed by atoms with E-state index in [4.69, 9.17) is 18.9 Å². The average Bonchev–Trinajstić information content (AvgIpc) is 0.692. The third-order valence-electron chi connectivity index (χ3n) is 20.9. The lowest BCUT2D eigenvalue weighted by Gasteiger charge is -2.44. The Morgan fingerprint density at radius 3 is 0.794 bits per heavy atom. The number of fused-ring (bicyclic) bond motifs is 12. The SMILES string of the molecule is c1ccc(N(c2ccccc2)c2cc3c4c(c2)Oc2cc5c(cc2B4c2ccccc2O3)B2c3cc4c(cc3Oc3cc(N(c6ccccc6)c6ccccc6)cc(c32)N5c2ccccc2)N(c2ccccc2)c2cc(N(c3ccccc3)c3ccccc3)cc3c2B4c2ccccc2O3)cc1. The number of benzene rings is 15. The molecule has 0 fully saturated rings. The summed E-state index contributed by atoms with van der Waals surface area (Å²) in [4.78, 5) is 11.8. The van der Waals surface area contributed by atoms with Gasteiger partial charge < -0.3 is 43.4 Å². The van der Waals surface area contributed by atoms with Crippen LogP contribution in [0.25, 0.3) is 0 Å². The van der Waals surface area contributed by atoms with E-state index in [2.05, 4.69) is 376 Å². The van der Waals surface area contributed by atoms with E-state index < -0.39 is 0 Å². The molecule has 0 spiro atoms. The Labute approximate surface area is 592 Å². The highest BCUT2D eigenvalue weighted by atomic mass is 16.5. The number of nitrogens with zero attached hydrogens (tertiary/aromatic N) is 5. The second kappa shape index (κ2) is 23.2. The summed E-state index contributed by atoms with van der Waals surface area (Å²) in [6.45, 7) is -0.870. The Kier molecular flexibility index (Phi) is 13.1. The first-order valence-corrected chi connectivity index (χ1v) is 34.8. The van der Waals surface area contributed by atoms with Crippen molar-refractivity contribution in [2.45, 2.75) is 0 Å². The zero-order valence-corrected chi connectivity index (χ0v) is 55.1. The smallest absolute Gasteiger partial charge is 0.260 e. The van der Waals surface area contributed by atoms with Crippen LogP contribution >= 0.6 is 0 Å². The second-order valence-corrected chi connectivity index (χ2v) is 26.7. The molecular weight excluding hydrogens is 1250 g/mol. The molecule has 0 saturated heterocycles. The molecule has 15 aromatic rings. The maximum Gasteiger partial charge on any atom is 0.260 e. The van der Waals surface area contributed by atoms with E-state index in [1.54, 1.807) is 0 Å². The van der Waals surface area contributed by atoms with Crippen molar-refractivity contribution in [3.05, 3.63) is 352 Å². The zero-order valence-electron chi connectivity index (χ0n) is 55.1. The van der Waals surface area contributed by atoms with Crippen molar-refractivity contribution in [1.82, 2.24) is 0 Å². The molecular formula is C90H58B3N5O4. The van der Waals surface area contributed by atoms with Crippen molar-refractivity contribution >= 4 is 155 Å². The van der Waals surface area contributed by atoms with E-state index in [1.807, 2.05) is 0 Å². The Balaban J connectivity index is 0.830. The van der Waals surface area contributed by atoms with Crippen molar-refractivity contribution in [3.63, 3.8) is 0 Å². The lowest BCUT2D eigenvalue weighted by molar-refractivity contribution is 0.465. The van der Waals surface area contributed by atoms with Crippen LogP contribution in [-0.2, 0) is 0 Å². The summed E-state index contributed by atoms with van der Waals surface area (Å²) in [6.07, 6.45) is 0. The van der Waals surface area contributed by atoms with Gasteiger partial charge in [-0.05, 0) is 165 Å². The van der Waals surface area contributed by atoms with Crippen LogP contribution in [0.4, 0.5) is 85.3 Å². The maximum absolute atomic E-state index is 7.89. The molecule has 6 heterocycles. The van der Waals surface area contributed by atoms with Gasteiger partial charge in [0.05, 0.1) is 17.1 Å². The molecule has 0 unspecified atom stereocenters. The van der Waals surface area contributed by atoms with Crippen molar-refractivity contribution in [3.8, 4) is 46.0 Å². The molecule has 0 radical (unpaired) electrons. The van der Waals surface area contributed by atoms with Crippen LogP contribution in [-0.4, -0.2) is 20.1 Å². The predicted octanol–water partition coefficient (Wildman–Crippen LogP) is 17.6. The maximum atomic E-state index is 7.89. The van der Waals surface area contributed by atoms with Crippen LogP contribution in [0.5, 0.6) is 46.0 Å². The fraction of sp³-hybridized carbons (Fsp3) is 0. The molecule has 102 heavy (non-hydrogen) atoms. The quantitative estimate of drug-likeness (QED) is 0.118. The highest BCUT2D eigenvalue weighted by molar-refractivity contribution is 7.03. The normalized spacial score (nSPS) is 13.1. The minimum atomic E-state index is -0.363. The molecule has 476 valence electrons. The molecule has 0 aromatic heterocycles. The van der Waals surface area contributed by atoms with Crippen LogP contribution in [0.1, 0.15) is 0 Å². The molecule has 15 aromatic carbocycles. The molecule has 0 N–H and O–H groups in total.